The van der Waals surface area contributed by atoms with Crippen LogP contribution in [0.1, 0.15) is 27.7 Å². The van der Waals surface area contributed by atoms with Crippen LogP contribution < -0.4 is 16.5 Å². The maximum Gasteiger partial charge on any atom is 0.116 e. The van der Waals surface area contributed by atoms with E-state index in [0.29, 0.717) is 30.7 Å². The molecule has 0 bridgehead atoms. The van der Waals surface area contributed by atoms with E-state index in [-0.39, 0.29) is 6.04 Å². The zero-order valence-corrected chi connectivity index (χ0v) is 10.6. The largest absolute Gasteiger partial charge is 0.386 e. The maximum atomic E-state index is 6.04. The highest BCUT2D eigenvalue weighted by molar-refractivity contribution is 5.87. The van der Waals surface area contributed by atoms with E-state index in [0.717, 1.165) is 5.84 Å². The molecule has 0 aromatic carbocycles. The van der Waals surface area contributed by atoms with Crippen LogP contribution in [0.4, 0.5) is 0 Å². The molecule has 5 heteroatoms. The summed E-state index contributed by atoms with van der Waals surface area (Å²) in [6.07, 6.45) is 0. The Bertz CT molecular complexity index is 286. The van der Waals surface area contributed by atoms with Crippen LogP contribution in [-0.4, -0.2) is 41.7 Å². The number of amidine groups is 1. The van der Waals surface area contributed by atoms with Crippen LogP contribution in [0.5, 0.6) is 0 Å². The minimum atomic E-state index is 0.196. The molecule has 1 fully saturated rings. The normalized spacial score (nSPS) is 35.6. The van der Waals surface area contributed by atoms with Crippen LogP contribution in [0.25, 0.3) is 0 Å². The molecule has 0 aromatic rings. The second-order valence-electron chi connectivity index (χ2n) is 5.32. The first-order valence-electron chi connectivity index (χ1n) is 6.10. The fraction of sp³-hybridized carbons (Fsp3) is 0.909. The lowest BCUT2D eigenvalue weighted by Crippen LogP contribution is -2.57. The standard InChI is InChI=1S/C11H23N5/c1-6(2)8-9-10(11(12)14-5-13-9)16(15-8)7(3)4/h6-10,13,15H,5H2,1-4H3,(H2,12,14). The number of hydrogen-bond donors (Lipinski definition) is 3. The molecule has 0 amide bonds. The summed E-state index contributed by atoms with van der Waals surface area (Å²) in [5.41, 5.74) is 9.61. The van der Waals surface area contributed by atoms with Crippen molar-refractivity contribution in [3.63, 3.8) is 0 Å². The van der Waals surface area contributed by atoms with Gasteiger partial charge in [-0.3, -0.25) is 10.3 Å². The number of hydrazine groups is 1. The number of nitrogens with one attached hydrogen (secondary N) is 2. The molecular weight excluding hydrogens is 202 g/mol. The van der Waals surface area contributed by atoms with E-state index in [2.05, 4.69) is 48.4 Å². The molecule has 0 aromatic heterocycles. The molecule has 2 aliphatic heterocycles. The zero-order chi connectivity index (χ0) is 11.9. The molecular formula is C11H23N5. The first kappa shape index (κ1) is 11.8. The average Bonchev–Trinajstić information content (AvgIpc) is 2.58. The number of nitrogens with zero attached hydrogens (tertiary/aromatic N) is 2. The second-order valence-corrected chi connectivity index (χ2v) is 5.32. The monoisotopic (exact) mass is 225 g/mol. The molecule has 5 nitrogen and oxygen atoms in total. The molecule has 0 spiro atoms. The van der Waals surface area contributed by atoms with Crippen molar-refractivity contribution < 1.29 is 0 Å². The van der Waals surface area contributed by atoms with E-state index >= 15 is 0 Å². The van der Waals surface area contributed by atoms with Crippen LogP contribution >= 0.6 is 0 Å². The van der Waals surface area contributed by atoms with Gasteiger partial charge in [0.1, 0.15) is 5.84 Å². The van der Waals surface area contributed by atoms with Gasteiger partial charge in [0, 0.05) is 18.1 Å². The van der Waals surface area contributed by atoms with Crippen molar-refractivity contribution in [2.75, 3.05) is 6.67 Å². The van der Waals surface area contributed by atoms with E-state index in [9.17, 15) is 0 Å². The van der Waals surface area contributed by atoms with E-state index in [1.807, 2.05) is 0 Å². The summed E-state index contributed by atoms with van der Waals surface area (Å²) >= 11 is 0. The van der Waals surface area contributed by atoms with Crippen LogP contribution in [0, 0.1) is 5.92 Å². The maximum absolute atomic E-state index is 6.04. The van der Waals surface area contributed by atoms with Crippen molar-refractivity contribution in [1.29, 1.82) is 0 Å². The van der Waals surface area contributed by atoms with Crippen molar-refractivity contribution in [3.8, 4) is 0 Å². The third kappa shape index (κ3) is 1.83. The molecule has 0 radical (unpaired) electrons. The molecule has 4 N–H and O–H groups in total. The van der Waals surface area contributed by atoms with Crippen LogP contribution in [-0.2, 0) is 0 Å². The first-order chi connectivity index (χ1) is 7.52. The molecule has 1 saturated heterocycles. The third-order valence-corrected chi connectivity index (χ3v) is 3.49. The van der Waals surface area contributed by atoms with E-state index in [1.165, 1.54) is 0 Å². The number of nitrogens with two attached hydrogens (primary N) is 1. The zero-order valence-electron chi connectivity index (χ0n) is 10.6. The smallest absolute Gasteiger partial charge is 0.116 e. The lowest BCUT2D eigenvalue weighted by atomic mass is 9.92. The van der Waals surface area contributed by atoms with Crippen molar-refractivity contribution in [3.05, 3.63) is 0 Å². The predicted molar refractivity (Wildman–Crippen MR) is 65.9 cm³/mol. The summed E-state index contributed by atoms with van der Waals surface area (Å²) in [5, 5.41) is 5.69. The van der Waals surface area contributed by atoms with Crippen LogP contribution in [0.3, 0.4) is 0 Å². The Morgan fingerprint density at radius 3 is 2.62 bits per heavy atom. The number of rotatable bonds is 2. The van der Waals surface area contributed by atoms with Gasteiger partial charge in [-0.05, 0) is 19.8 Å². The van der Waals surface area contributed by atoms with Crippen molar-refractivity contribution in [1.82, 2.24) is 15.8 Å². The fourth-order valence-electron chi connectivity index (χ4n) is 2.64. The second kappa shape index (κ2) is 4.31. The topological polar surface area (TPSA) is 65.7 Å². The Labute approximate surface area is 97.4 Å². The minimum absolute atomic E-state index is 0.196. The molecule has 2 aliphatic rings. The lowest BCUT2D eigenvalue weighted by Gasteiger charge is -2.32. The Morgan fingerprint density at radius 1 is 1.38 bits per heavy atom. The highest BCUT2D eigenvalue weighted by atomic mass is 15.6. The van der Waals surface area contributed by atoms with Gasteiger partial charge in [0.2, 0.25) is 0 Å². The predicted octanol–water partition coefficient (Wildman–Crippen LogP) is -0.105. The summed E-state index contributed by atoms with van der Waals surface area (Å²) in [6, 6.07) is 1.42. The summed E-state index contributed by atoms with van der Waals surface area (Å²) in [7, 11) is 0. The number of fused-ring (bicyclic) bond motifs is 1. The Morgan fingerprint density at radius 2 is 2.06 bits per heavy atom. The van der Waals surface area contributed by atoms with Gasteiger partial charge in [0.05, 0.1) is 12.7 Å². The molecule has 0 aliphatic carbocycles. The van der Waals surface area contributed by atoms with Crippen molar-refractivity contribution in [2.45, 2.75) is 51.9 Å². The molecule has 2 rings (SSSR count). The van der Waals surface area contributed by atoms with Crippen molar-refractivity contribution >= 4 is 5.84 Å². The molecule has 0 saturated carbocycles. The Hall–Kier alpha value is -0.650. The van der Waals surface area contributed by atoms with Gasteiger partial charge in [0.25, 0.3) is 0 Å². The highest BCUT2D eigenvalue weighted by Gasteiger charge is 2.46. The highest BCUT2D eigenvalue weighted by Crippen LogP contribution is 2.24. The lowest BCUT2D eigenvalue weighted by molar-refractivity contribution is 0.153. The average molecular weight is 225 g/mol. The number of hydrogen-bond acceptors (Lipinski definition) is 5. The molecule has 3 unspecified atom stereocenters. The molecule has 2 heterocycles. The van der Waals surface area contributed by atoms with Gasteiger partial charge in [-0.25, -0.2) is 10.4 Å². The summed E-state index contributed by atoms with van der Waals surface area (Å²) in [4.78, 5) is 4.30. The van der Waals surface area contributed by atoms with Crippen molar-refractivity contribution in [2.24, 2.45) is 16.6 Å². The summed E-state index contributed by atoms with van der Waals surface area (Å²) < 4.78 is 0. The quantitative estimate of drug-likeness (QED) is 0.614. The Balaban J connectivity index is 2.25. The van der Waals surface area contributed by atoms with E-state index in [1.54, 1.807) is 0 Å². The Kier molecular flexibility index (Phi) is 3.19. The van der Waals surface area contributed by atoms with E-state index in [4.69, 9.17) is 5.73 Å². The molecule has 92 valence electrons. The van der Waals surface area contributed by atoms with Gasteiger partial charge in [-0.2, -0.15) is 0 Å². The minimum Gasteiger partial charge on any atom is -0.386 e. The number of aliphatic imine (C=N–C) groups is 1. The van der Waals surface area contributed by atoms with Gasteiger partial charge in [0.15, 0.2) is 0 Å². The van der Waals surface area contributed by atoms with Gasteiger partial charge >= 0.3 is 0 Å². The summed E-state index contributed by atoms with van der Waals surface area (Å²) in [5.74, 6) is 1.34. The van der Waals surface area contributed by atoms with Gasteiger partial charge in [-0.1, -0.05) is 13.8 Å². The van der Waals surface area contributed by atoms with Crippen LogP contribution in [0.2, 0.25) is 0 Å². The first-order valence-corrected chi connectivity index (χ1v) is 6.10. The SMILES string of the molecule is CC(C)C1NN(C(C)C)C2C(N)=NCNC12. The third-order valence-electron chi connectivity index (χ3n) is 3.49. The molecule has 16 heavy (non-hydrogen) atoms. The summed E-state index contributed by atoms with van der Waals surface area (Å²) in [6.45, 7) is 9.47. The fourth-order valence-corrected chi connectivity index (χ4v) is 2.64. The van der Waals surface area contributed by atoms with Gasteiger partial charge < -0.3 is 5.73 Å². The van der Waals surface area contributed by atoms with Crippen LogP contribution in [0.15, 0.2) is 4.99 Å². The van der Waals surface area contributed by atoms with Gasteiger partial charge in [-0.15, -0.1) is 0 Å². The van der Waals surface area contributed by atoms with E-state index < -0.39 is 0 Å². The molecule has 3 atom stereocenters.